The Balaban J connectivity index is 1.94. The molecule has 0 atom stereocenters. The van der Waals surface area contributed by atoms with Crippen LogP contribution in [0.1, 0.15) is 11.1 Å². The molecule has 0 aliphatic heterocycles. The average Bonchev–Trinajstić information content (AvgIpc) is 2.82. The first-order chi connectivity index (χ1) is 15.7. The number of hydrogen-bond donors (Lipinski definition) is 1. The highest BCUT2D eigenvalue weighted by atomic mass is 35.5. The van der Waals surface area contributed by atoms with E-state index >= 15 is 0 Å². The van der Waals surface area contributed by atoms with Crippen LogP contribution in [0.3, 0.4) is 0 Å². The third-order valence-electron chi connectivity index (χ3n) is 4.95. The van der Waals surface area contributed by atoms with E-state index in [1.807, 2.05) is 6.92 Å². The number of halogens is 1. The zero-order valence-electron chi connectivity index (χ0n) is 18.5. The maximum atomic E-state index is 13.6. The number of ether oxygens (including phenoxy) is 2. The highest BCUT2D eigenvalue weighted by molar-refractivity contribution is 7.92. The first-order valence-corrected chi connectivity index (χ1v) is 11.9. The van der Waals surface area contributed by atoms with Crippen LogP contribution >= 0.6 is 11.6 Å². The fourth-order valence-electron chi connectivity index (χ4n) is 3.12. The van der Waals surface area contributed by atoms with Gasteiger partial charge in [-0.05, 0) is 48.9 Å². The molecule has 0 spiro atoms. The Labute approximate surface area is 198 Å². The number of carbonyl (C=O) groups excluding carboxylic acids is 1. The van der Waals surface area contributed by atoms with Gasteiger partial charge in [0.05, 0.1) is 24.8 Å². The van der Waals surface area contributed by atoms with Crippen molar-refractivity contribution in [3.8, 4) is 11.5 Å². The van der Waals surface area contributed by atoms with Crippen molar-refractivity contribution in [2.24, 2.45) is 0 Å². The van der Waals surface area contributed by atoms with E-state index in [4.69, 9.17) is 21.1 Å². The minimum absolute atomic E-state index is 0.0662. The molecule has 0 unspecified atom stereocenters. The van der Waals surface area contributed by atoms with Crippen LogP contribution in [0.15, 0.2) is 71.6 Å². The van der Waals surface area contributed by atoms with Gasteiger partial charge in [-0.1, -0.05) is 41.4 Å². The molecule has 0 aromatic heterocycles. The second-order valence-corrected chi connectivity index (χ2v) is 9.56. The van der Waals surface area contributed by atoms with Gasteiger partial charge in [0, 0.05) is 17.6 Å². The SMILES string of the molecule is COc1ccc(N(CC(=O)NCc2ccc(Cl)cc2)S(=O)(=O)c2ccc(C)cc2)c(OC)c1. The predicted molar refractivity (Wildman–Crippen MR) is 129 cm³/mol. The van der Waals surface area contributed by atoms with Gasteiger partial charge in [0.1, 0.15) is 18.0 Å². The van der Waals surface area contributed by atoms with E-state index in [-0.39, 0.29) is 22.9 Å². The van der Waals surface area contributed by atoms with Gasteiger partial charge in [-0.25, -0.2) is 8.42 Å². The van der Waals surface area contributed by atoms with E-state index in [9.17, 15) is 13.2 Å². The van der Waals surface area contributed by atoms with E-state index in [1.165, 1.54) is 26.4 Å². The summed E-state index contributed by atoms with van der Waals surface area (Å²) in [5.74, 6) is 0.282. The normalized spacial score (nSPS) is 11.0. The van der Waals surface area contributed by atoms with E-state index < -0.39 is 22.5 Å². The smallest absolute Gasteiger partial charge is 0.264 e. The standard InChI is InChI=1S/C24H25ClN2O5S/c1-17-4-11-21(12-5-17)33(29,30)27(22-13-10-20(31-2)14-23(22)32-3)16-24(28)26-15-18-6-8-19(25)9-7-18/h4-14H,15-16H2,1-3H3,(H,26,28). The molecule has 3 aromatic rings. The Kier molecular flexibility index (Phi) is 7.84. The van der Waals surface area contributed by atoms with E-state index in [0.29, 0.717) is 10.8 Å². The Bertz CT molecular complexity index is 1210. The molecule has 0 bridgehead atoms. The molecule has 0 aliphatic rings. The third-order valence-corrected chi connectivity index (χ3v) is 6.98. The van der Waals surface area contributed by atoms with E-state index in [1.54, 1.807) is 54.6 Å². The van der Waals surface area contributed by atoms with Crippen LogP contribution in [0.4, 0.5) is 5.69 Å². The largest absolute Gasteiger partial charge is 0.497 e. The number of nitrogens with zero attached hydrogens (tertiary/aromatic N) is 1. The van der Waals surface area contributed by atoms with Crippen molar-refractivity contribution in [3.05, 3.63) is 82.9 Å². The zero-order chi connectivity index (χ0) is 24.0. The third kappa shape index (κ3) is 5.97. The van der Waals surface area contributed by atoms with Gasteiger partial charge >= 0.3 is 0 Å². The fraction of sp³-hybridized carbons (Fsp3) is 0.208. The quantitative estimate of drug-likeness (QED) is 0.488. The zero-order valence-corrected chi connectivity index (χ0v) is 20.1. The topological polar surface area (TPSA) is 84.9 Å². The molecule has 0 heterocycles. The molecule has 0 saturated heterocycles. The Morgan fingerprint density at radius 3 is 2.24 bits per heavy atom. The van der Waals surface area contributed by atoms with Crippen molar-refractivity contribution in [3.63, 3.8) is 0 Å². The second-order valence-electron chi connectivity index (χ2n) is 7.27. The summed E-state index contributed by atoms with van der Waals surface area (Å²) in [6.45, 7) is 1.66. The minimum Gasteiger partial charge on any atom is -0.497 e. The van der Waals surface area contributed by atoms with Crippen LogP contribution in [-0.4, -0.2) is 35.1 Å². The molecular weight excluding hydrogens is 464 g/mol. The van der Waals surface area contributed by atoms with Crippen LogP contribution < -0.4 is 19.1 Å². The summed E-state index contributed by atoms with van der Waals surface area (Å²) in [6.07, 6.45) is 0. The number of nitrogens with one attached hydrogen (secondary N) is 1. The Hall–Kier alpha value is -3.23. The molecule has 33 heavy (non-hydrogen) atoms. The molecule has 3 aromatic carbocycles. The second kappa shape index (κ2) is 10.6. The van der Waals surface area contributed by atoms with Gasteiger partial charge in [0.2, 0.25) is 5.91 Å². The van der Waals surface area contributed by atoms with Crippen LogP contribution in [-0.2, 0) is 21.4 Å². The summed E-state index contributed by atoms with van der Waals surface area (Å²) in [4.78, 5) is 12.9. The lowest BCUT2D eigenvalue weighted by Crippen LogP contribution is -2.40. The molecule has 0 radical (unpaired) electrons. The van der Waals surface area contributed by atoms with Crippen molar-refractivity contribution in [1.29, 1.82) is 0 Å². The number of methoxy groups -OCH3 is 2. The number of hydrogen-bond acceptors (Lipinski definition) is 5. The first kappa shape index (κ1) is 24.4. The molecule has 3 rings (SSSR count). The Morgan fingerprint density at radius 2 is 1.64 bits per heavy atom. The number of carbonyl (C=O) groups is 1. The molecule has 0 aliphatic carbocycles. The lowest BCUT2D eigenvalue weighted by molar-refractivity contribution is -0.119. The van der Waals surface area contributed by atoms with Crippen molar-refractivity contribution in [2.45, 2.75) is 18.4 Å². The van der Waals surface area contributed by atoms with Crippen LogP contribution in [0, 0.1) is 6.92 Å². The number of amides is 1. The summed E-state index contributed by atoms with van der Waals surface area (Å²) < 4.78 is 38.8. The molecule has 9 heteroatoms. The number of anilines is 1. The monoisotopic (exact) mass is 488 g/mol. The summed E-state index contributed by atoms with van der Waals surface area (Å²) >= 11 is 5.90. The van der Waals surface area contributed by atoms with Crippen molar-refractivity contribution < 1.29 is 22.7 Å². The summed E-state index contributed by atoms with van der Waals surface area (Å²) in [5.41, 5.74) is 1.98. The van der Waals surface area contributed by atoms with Crippen LogP contribution in [0.2, 0.25) is 5.02 Å². The molecule has 1 amide bonds. The summed E-state index contributed by atoms with van der Waals surface area (Å²) in [6, 6.07) is 18.2. The van der Waals surface area contributed by atoms with Gasteiger partial charge in [-0.2, -0.15) is 0 Å². The minimum atomic E-state index is -4.07. The molecule has 0 fully saturated rings. The number of aryl methyl sites for hydroxylation is 1. The average molecular weight is 489 g/mol. The van der Waals surface area contributed by atoms with E-state index in [2.05, 4.69) is 5.32 Å². The van der Waals surface area contributed by atoms with Crippen LogP contribution in [0.25, 0.3) is 0 Å². The van der Waals surface area contributed by atoms with Gasteiger partial charge in [0.25, 0.3) is 10.0 Å². The maximum absolute atomic E-state index is 13.6. The van der Waals surface area contributed by atoms with Crippen molar-refractivity contribution in [2.75, 3.05) is 25.1 Å². The van der Waals surface area contributed by atoms with Gasteiger partial charge < -0.3 is 14.8 Å². The number of rotatable bonds is 9. The van der Waals surface area contributed by atoms with Gasteiger partial charge in [-0.15, -0.1) is 0 Å². The lowest BCUT2D eigenvalue weighted by Gasteiger charge is -2.26. The number of sulfonamides is 1. The molecule has 0 saturated carbocycles. The van der Waals surface area contributed by atoms with Gasteiger partial charge in [-0.3, -0.25) is 9.10 Å². The molecule has 174 valence electrons. The molecule has 7 nitrogen and oxygen atoms in total. The Morgan fingerprint density at radius 1 is 0.970 bits per heavy atom. The van der Waals surface area contributed by atoms with Gasteiger partial charge in [0.15, 0.2) is 0 Å². The fourth-order valence-corrected chi connectivity index (χ4v) is 4.67. The summed E-state index contributed by atoms with van der Waals surface area (Å²) in [5, 5.41) is 3.35. The van der Waals surface area contributed by atoms with E-state index in [0.717, 1.165) is 15.4 Å². The summed E-state index contributed by atoms with van der Waals surface area (Å²) in [7, 11) is -1.15. The predicted octanol–water partition coefficient (Wildman–Crippen LogP) is 4.18. The number of benzene rings is 3. The highest BCUT2D eigenvalue weighted by Crippen LogP contribution is 2.35. The maximum Gasteiger partial charge on any atom is 0.264 e. The van der Waals surface area contributed by atoms with Crippen molar-refractivity contribution >= 4 is 33.2 Å². The highest BCUT2D eigenvalue weighted by Gasteiger charge is 2.29. The van der Waals surface area contributed by atoms with Crippen molar-refractivity contribution in [1.82, 2.24) is 5.32 Å². The first-order valence-electron chi connectivity index (χ1n) is 10.1. The lowest BCUT2D eigenvalue weighted by atomic mass is 10.2. The molecular formula is C24H25ClN2O5S. The molecule has 1 N–H and O–H groups in total. The van der Waals surface area contributed by atoms with Crippen LogP contribution in [0.5, 0.6) is 11.5 Å².